The van der Waals surface area contributed by atoms with Crippen LogP contribution in [0.3, 0.4) is 0 Å². The molecule has 2 fully saturated rings. The number of aromatic nitrogens is 1. The van der Waals surface area contributed by atoms with Gasteiger partial charge in [-0.3, -0.25) is 4.79 Å². The van der Waals surface area contributed by atoms with Crippen LogP contribution in [0.1, 0.15) is 56.7 Å². The highest BCUT2D eigenvalue weighted by molar-refractivity contribution is 5.81. The Morgan fingerprint density at radius 1 is 1.19 bits per heavy atom. The van der Waals surface area contributed by atoms with Gasteiger partial charge < -0.3 is 20.0 Å². The smallest absolute Gasteiger partial charge is 0.226 e. The molecular formula is C25H35N5O2. The first kappa shape index (κ1) is 22.4. The Morgan fingerprint density at radius 3 is 2.72 bits per heavy atom. The molecule has 0 spiro atoms. The average Bonchev–Trinajstić information content (AvgIpc) is 3.48. The maximum absolute atomic E-state index is 12.8. The number of hydrogen-bond acceptors (Lipinski definition) is 4. The predicted molar refractivity (Wildman–Crippen MR) is 126 cm³/mol. The molecule has 0 radical (unpaired) electrons. The van der Waals surface area contributed by atoms with Gasteiger partial charge in [-0.05, 0) is 45.2 Å². The fourth-order valence-corrected chi connectivity index (χ4v) is 4.57. The summed E-state index contributed by atoms with van der Waals surface area (Å²) in [5, 5.41) is 6.82. The highest BCUT2D eigenvalue weighted by Gasteiger charge is 2.31. The molecule has 7 heteroatoms. The Kier molecular flexibility index (Phi) is 7.45. The molecule has 2 N–H and O–H groups in total. The van der Waals surface area contributed by atoms with E-state index in [9.17, 15) is 4.79 Å². The van der Waals surface area contributed by atoms with Gasteiger partial charge in [-0.2, -0.15) is 0 Å². The molecule has 1 amide bonds. The van der Waals surface area contributed by atoms with Crippen molar-refractivity contribution in [1.29, 1.82) is 0 Å². The lowest BCUT2D eigenvalue weighted by molar-refractivity contribution is -0.135. The highest BCUT2D eigenvalue weighted by Crippen LogP contribution is 2.27. The van der Waals surface area contributed by atoms with Crippen LogP contribution >= 0.6 is 0 Å². The van der Waals surface area contributed by atoms with E-state index in [-0.39, 0.29) is 12.0 Å². The van der Waals surface area contributed by atoms with Gasteiger partial charge >= 0.3 is 0 Å². The average molecular weight is 438 g/mol. The Labute approximate surface area is 190 Å². The quantitative estimate of drug-likeness (QED) is 0.529. The first-order valence-corrected chi connectivity index (χ1v) is 12.0. The van der Waals surface area contributed by atoms with Gasteiger partial charge in [-0.25, -0.2) is 9.98 Å². The number of likely N-dealkylation sites (tertiary alicyclic amines) is 1. The molecule has 32 heavy (non-hydrogen) atoms. The molecule has 0 bridgehead atoms. The number of rotatable bonds is 6. The van der Waals surface area contributed by atoms with E-state index in [0.717, 1.165) is 56.1 Å². The van der Waals surface area contributed by atoms with Crippen LogP contribution in [0.5, 0.6) is 0 Å². The van der Waals surface area contributed by atoms with Crippen molar-refractivity contribution in [2.24, 2.45) is 10.9 Å². The Balaban J connectivity index is 1.32. The van der Waals surface area contributed by atoms with E-state index in [1.165, 1.54) is 24.8 Å². The molecule has 1 saturated carbocycles. The first-order chi connectivity index (χ1) is 15.6. The highest BCUT2D eigenvalue weighted by atomic mass is 16.3. The van der Waals surface area contributed by atoms with E-state index < -0.39 is 0 Å². The van der Waals surface area contributed by atoms with Gasteiger partial charge in [-0.1, -0.05) is 37.0 Å². The molecule has 1 aromatic carbocycles. The third-order valence-corrected chi connectivity index (χ3v) is 6.39. The van der Waals surface area contributed by atoms with Gasteiger partial charge in [0.05, 0.1) is 6.54 Å². The van der Waals surface area contributed by atoms with E-state index >= 15 is 0 Å². The summed E-state index contributed by atoms with van der Waals surface area (Å²) in [6, 6.07) is 8.35. The van der Waals surface area contributed by atoms with Crippen LogP contribution in [0, 0.1) is 12.8 Å². The fourth-order valence-electron chi connectivity index (χ4n) is 4.57. The third-order valence-electron chi connectivity index (χ3n) is 6.39. The molecule has 2 aliphatic rings. The lowest BCUT2D eigenvalue weighted by Gasteiger charge is -2.26. The molecule has 7 nitrogen and oxygen atoms in total. The summed E-state index contributed by atoms with van der Waals surface area (Å²) in [6.07, 6.45) is 8.38. The molecule has 1 aromatic heterocycles. The molecule has 4 rings (SSSR count). The van der Waals surface area contributed by atoms with Gasteiger partial charge in [0.25, 0.3) is 0 Å². The number of carbonyl (C=O) groups excluding carboxylic acids is 1. The summed E-state index contributed by atoms with van der Waals surface area (Å²) in [5.74, 6) is 1.95. The first-order valence-electron chi connectivity index (χ1n) is 12.0. The minimum absolute atomic E-state index is 0.223. The van der Waals surface area contributed by atoms with Crippen LogP contribution in [0.4, 0.5) is 0 Å². The molecular weight excluding hydrogens is 402 g/mol. The van der Waals surface area contributed by atoms with Crippen molar-refractivity contribution in [1.82, 2.24) is 20.5 Å². The monoisotopic (exact) mass is 437 g/mol. The maximum atomic E-state index is 12.8. The van der Waals surface area contributed by atoms with Crippen LogP contribution in [0.2, 0.25) is 0 Å². The summed E-state index contributed by atoms with van der Waals surface area (Å²) in [5.41, 5.74) is 2.96. The number of oxazole rings is 1. The van der Waals surface area contributed by atoms with Crippen molar-refractivity contribution >= 4 is 11.9 Å². The molecule has 1 unspecified atom stereocenters. The zero-order chi connectivity index (χ0) is 22.3. The third kappa shape index (κ3) is 5.69. The van der Waals surface area contributed by atoms with Crippen molar-refractivity contribution in [3.63, 3.8) is 0 Å². The Bertz CT molecular complexity index is 915. The van der Waals surface area contributed by atoms with Crippen molar-refractivity contribution in [2.75, 3.05) is 19.6 Å². The van der Waals surface area contributed by atoms with E-state index in [4.69, 9.17) is 9.41 Å². The largest absolute Gasteiger partial charge is 0.444 e. The van der Waals surface area contributed by atoms with E-state index in [1.54, 1.807) is 6.26 Å². The van der Waals surface area contributed by atoms with Crippen LogP contribution in [0.25, 0.3) is 11.5 Å². The topological polar surface area (TPSA) is 82.8 Å². The van der Waals surface area contributed by atoms with Gasteiger partial charge in [0.1, 0.15) is 12.0 Å². The van der Waals surface area contributed by atoms with Crippen LogP contribution < -0.4 is 10.6 Å². The summed E-state index contributed by atoms with van der Waals surface area (Å²) >= 11 is 0. The molecule has 1 atom stereocenters. The number of hydrogen-bond donors (Lipinski definition) is 2. The fraction of sp³-hybridized carbons (Fsp3) is 0.560. The number of guanidine groups is 1. The molecule has 1 aliphatic heterocycles. The van der Waals surface area contributed by atoms with Gasteiger partial charge in [0.15, 0.2) is 5.96 Å². The van der Waals surface area contributed by atoms with Crippen LogP contribution in [-0.4, -0.2) is 47.4 Å². The zero-order valence-electron chi connectivity index (χ0n) is 19.3. The number of aliphatic imine (C=N–C) groups is 1. The SMILES string of the molecule is CCNC(=NCc1coc(-c2ccc(C)cc2)n1)NC1CCN(C(=O)C2CCCCC2)C1. The normalized spacial score (nSPS) is 19.9. The maximum Gasteiger partial charge on any atom is 0.226 e. The second-order valence-corrected chi connectivity index (χ2v) is 8.95. The molecule has 1 aliphatic carbocycles. The lowest BCUT2D eigenvalue weighted by Crippen LogP contribution is -2.45. The van der Waals surface area contributed by atoms with Crippen LogP contribution in [0.15, 0.2) is 39.9 Å². The standard InChI is InChI=1S/C25H35N5O2/c1-3-26-25(27-15-22-17-32-23(28-22)19-11-9-18(2)10-12-19)29-21-13-14-30(16-21)24(31)20-7-5-4-6-8-20/h9-12,17,20-21H,3-8,13-16H2,1-2H3,(H2,26,27,29). The summed E-state index contributed by atoms with van der Waals surface area (Å²) in [4.78, 5) is 24.2. The number of benzene rings is 1. The van der Waals surface area contributed by atoms with Crippen LogP contribution in [-0.2, 0) is 11.3 Å². The Hall–Kier alpha value is -2.83. The lowest BCUT2D eigenvalue weighted by atomic mass is 9.88. The summed E-state index contributed by atoms with van der Waals surface area (Å²) in [6.45, 7) is 6.90. The molecule has 172 valence electrons. The van der Waals surface area contributed by atoms with Crippen molar-refractivity contribution < 1.29 is 9.21 Å². The number of amides is 1. The number of carbonyl (C=O) groups is 1. The zero-order valence-corrected chi connectivity index (χ0v) is 19.3. The predicted octanol–water partition coefficient (Wildman–Crippen LogP) is 3.89. The summed E-state index contributed by atoms with van der Waals surface area (Å²) in [7, 11) is 0. The molecule has 1 saturated heterocycles. The summed E-state index contributed by atoms with van der Waals surface area (Å²) < 4.78 is 5.65. The van der Waals surface area contributed by atoms with Crippen molar-refractivity contribution in [3.8, 4) is 11.5 Å². The second-order valence-electron chi connectivity index (χ2n) is 8.95. The Morgan fingerprint density at radius 2 is 1.97 bits per heavy atom. The van der Waals surface area contributed by atoms with Gasteiger partial charge in [0, 0.05) is 37.2 Å². The molecule has 2 heterocycles. The van der Waals surface area contributed by atoms with Crippen molar-refractivity contribution in [2.45, 2.75) is 65.0 Å². The number of nitrogens with one attached hydrogen (secondary N) is 2. The van der Waals surface area contributed by atoms with Gasteiger partial charge in [-0.15, -0.1) is 0 Å². The number of nitrogens with zero attached hydrogens (tertiary/aromatic N) is 3. The van der Waals surface area contributed by atoms with E-state index in [0.29, 0.717) is 18.3 Å². The molecule has 2 aromatic rings. The minimum atomic E-state index is 0.223. The number of aryl methyl sites for hydroxylation is 1. The van der Waals surface area contributed by atoms with Gasteiger partial charge in [0.2, 0.25) is 11.8 Å². The minimum Gasteiger partial charge on any atom is -0.444 e. The van der Waals surface area contributed by atoms with E-state index in [2.05, 4.69) is 41.6 Å². The second kappa shape index (κ2) is 10.7. The van der Waals surface area contributed by atoms with Crippen molar-refractivity contribution in [3.05, 3.63) is 41.8 Å². The van der Waals surface area contributed by atoms with E-state index in [1.807, 2.05) is 17.0 Å².